The number of methoxy groups -OCH3 is 1. The fourth-order valence-corrected chi connectivity index (χ4v) is 11.8. The van der Waals surface area contributed by atoms with Crippen LogP contribution in [0.3, 0.4) is 0 Å². The number of aliphatic hydroxyl groups is 6. The van der Waals surface area contributed by atoms with Crippen molar-refractivity contribution in [3.05, 3.63) is 0 Å². The van der Waals surface area contributed by atoms with Crippen molar-refractivity contribution in [2.75, 3.05) is 26.9 Å². The SMILES string of the molecule is [2H][C@@]1(O[C@H]2[C@H](O)[C@@H](NS(=O)(=O)[O-])[C@@H](OC)O[C@@H]2COS(=O)(=O)[O-])O[C@@]([2H])(C(=O)[O-])[C@@]([2H])(O[C@H]2O[C@H](COS(=O)(=O)[O-])[C@H](O[C@@H]3O[C@H](C(=O)[O-])[C@@H](O[C@H]4O[C@H](COS(=O)(=O)[O-])[C@@H](O)[C@H](O)[C@H]4NS(=O)(=O)[O-])[C@H](O)[C@H]3O)[C@H](OS(=O)(=O)[O-])[C@H]2NS(=O)(=O)[O-])[C@]([2H])(O)[C@@]1([2H])OS(=O)(=O)[O-].[Na+].[Na+].[Na+].[Na+].[Na+].[Na+].[Na+].[Na+].[Na+].[Na+]. The second kappa shape index (κ2) is 49.0. The number of carbonyl (C=O) groups excluding carboxylic acids is 2. The number of nitrogens with one attached hydrogen (secondary N) is 3. The van der Waals surface area contributed by atoms with Crippen LogP contribution in [0, 0.1) is 0 Å². The van der Waals surface area contributed by atoms with Gasteiger partial charge in [0.2, 0.25) is 52.0 Å². The van der Waals surface area contributed by atoms with Gasteiger partial charge in [0.1, 0.15) is 116 Å². The largest absolute Gasteiger partial charge is 1.00 e. The van der Waals surface area contributed by atoms with E-state index in [1.54, 1.807) is 0 Å². The van der Waals surface area contributed by atoms with Crippen LogP contribution in [0.2, 0.25) is 0 Å². The first-order valence-electron chi connectivity index (χ1n) is 25.3. The number of hydrogen-bond acceptors (Lipinski definition) is 49. The maximum absolute atomic E-state index is 13.2. The zero-order chi connectivity index (χ0) is 74.1. The maximum atomic E-state index is 13.2. The quantitative estimate of drug-likeness (QED) is 0.0183. The van der Waals surface area contributed by atoms with Gasteiger partial charge in [-0.2, -0.15) is 0 Å². The number of carbonyl (C=O) groups is 2. The monoisotopic (exact) mass is 1730 g/mol. The van der Waals surface area contributed by atoms with Crippen LogP contribution in [0.4, 0.5) is 0 Å². The van der Waals surface area contributed by atoms with Crippen molar-refractivity contribution in [3.8, 4) is 0 Å². The van der Waals surface area contributed by atoms with Gasteiger partial charge in [0.15, 0.2) is 68.4 Å². The second-order valence-corrected chi connectivity index (χ2v) is 26.4. The zero-order valence-electron chi connectivity index (χ0n) is 58.2. The summed E-state index contributed by atoms with van der Waals surface area (Å²) in [6.45, 7) is -6.05. The molecule has 0 aromatic heterocycles. The van der Waals surface area contributed by atoms with E-state index in [-0.39, 0.29) is 296 Å². The summed E-state index contributed by atoms with van der Waals surface area (Å²) in [6, 6.07) is -9.46. The number of aliphatic carboxylic acids is 2. The zero-order valence-corrected chi connectivity index (χ0v) is 79.7. The fourth-order valence-electron chi connectivity index (χ4n) is 8.30. The summed E-state index contributed by atoms with van der Waals surface area (Å²) in [6.07, 6.45) is -82.6. The third-order valence-electron chi connectivity index (χ3n) is 11.7. The number of hydrogen-bond donors (Lipinski definition) is 9. The van der Waals surface area contributed by atoms with Crippen LogP contribution in [0.15, 0.2) is 0 Å². The van der Waals surface area contributed by atoms with Crippen molar-refractivity contribution in [2.45, 2.75) is 153 Å². The van der Waals surface area contributed by atoms with E-state index < -0.39 is 268 Å². The Morgan fingerprint density at radius 1 is 0.396 bits per heavy atom. The molecule has 0 radical (unpaired) electrons. The van der Waals surface area contributed by atoms with Crippen LogP contribution in [-0.2, 0) is 161 Å². The molecule has 0 unspecified atom stereocenters. The Morgan fingerprint density at radius 2 is 0.782 bits per heavy atom. The summed E-state index contributed by atoms with van der Waals surface area (Å²) in [4.78, 5) is 25.9. The molecule has 5 aliphatic rings. The summed E-state index contributed by atoms with van der Waals surface area (Å²) in [5.74, 6) is -6.53. The van der Waals surface area contributed by atoms with Crippen molar-refractivity contribution < 1.29 is 525 Å². The summed E-state index contributed by atoms with van der Waals surface area (Å²) in [5.41, 5.74) is 0. The van der Waals surface area contributed by atoms with Crippen LogP contribution in [0.1, 0.15) is 6.85 Å². The smallest absolute Gasteiger partial charge is 0.735 e. The van der Waals surface area contributed by atoms with Gasteiger partial charge < -0.3 is 134 Å². The van der Waals surface area contributed by atoms with Crippen LogP contribution in [-0.4, -0.2) is 326 Å². The molecule has 70 heteroatoms. The van der Waals surface area contributed by atoms with E-state index in [4.69, 9.17) is 49.5 Å². The first kappa shape index (κ1) is 108. The molecule has 5 heterocycles. The van der Waals surface area contributed by atoms with Crippen molar-refractivity contribution in [3.63, 3.8) is 0 Å². The molecule has 5 aliphatic heterocycles. The van der Waals surface area contributed by atoms with E-state index in [2.05, 4.69) is 25.7 Å². The maximum Gasteiger partial charge on any atom is 1.00 e. The molecule has 0 aromatic carbocycles. The van der Waals surface area contributed by atoms with E-state index >= 15 is 0 Å². The molecule has 5 fully saturated rings. The molecule has 101 heavy (non-hydrogen) atoms. The first-order valence-corrected chi connectivity index (χ1v) is 33.7. The Balaban J connectivity index is -0.00000250. The molecule has 0 saturated carbocycles. The predicted octanol–water partition coefficient (Wildman–Crippen LogP) is -49.1. The van der Waals surface area contributed by atoms with Crippen LogP contribution >= 0.6 is 0 Å². The number of ether oxygens (including phenoxy) is 10. The molecule has 52 nitrogen and oxygen atoms in total. The molecule has 5 saturated heterocycles. The molecule has 0 amide bonds. The summed E-state index contributed by atoms with van der Waals surface area (Å²) < 4.78 is 403. The fraction of sp³-hybridized carbons (Fsp3) is 0.935. The van der Waals surface area contributed by atoms with E-state index in [9.17, 15) is 154 Å². The Hall–Kier alpha value is 7.26. The third kappa shape index (κ3) is 38.3. The third-order valence-corrected chi connectivity index (χ3v) is 15.5. The second-order valence-electron chi connectivity index (χ2n) is 17.8. The minimum atomic E-state index is -7.23. The normalized spacial score (nSPS) is 39.2. The van der Waals surface area contributed by atoms with Crippen molar-refractivity contribution in [2.24, 2.45) is 0 Å². The number of aliphatic hydroxyl groups excluding tert-OH is 5. The molecular weight excluding hydrogens is 1680 g/mol. The van der Waals surface area contributed by atoms with Gasteiger partial charge in [0.25, 0.3) is 0 Å². The number of carboxylic acid groups (broad SMARTS) is 2. The van der Waals surface area contributed by atoms with Crippen molar-refractivity contribution in [1.29, 1.82) is 0 Å². The summed E-state index contributed by atoms with van der Waals surface area (Å²) in [5, 5.41) is 93.1. The van der Waals surface area contributed by atoms with Gasteiger partial charge in [-0.3, -0.25) is 20.9 Å². The van der Waals surface area contributed by atoms with Crippen molar-refractivity contribution >= 4 is 94.8 Å². The van der Waals surface area contributed by atoms with E-state index in [0.29, 0.717) is 11.8 Å². The van der Waals surface area contributed by atoms with Crippen LogP contribution in [0.5, 0.6) is 0 Å². The molecule has 9 N–H and O–H groups in total. The molecule has 0 spiro atoms. The Labute approximate surface area is 800 Å². The van der Waals surface area contributed by atoms with Gasteiger partial charge in [-0.1, -0.05) is 0 Å². The predicted molar refractivity (Wildman–Crippen MR) is 242 cm³/mol. The average molecular weight is 1730 g/mol. The molecule has 25 atom stereocenters. The number of carboxylic acids is 2. The van der Waals surface area contributed by atoms with E-state index in [1.165, 1.54) is 0 Å². The average Bonchev–Trinajstić information content (AvgIpc) is 0.670. The first-order chi connectivity index (χ1) is 42.9. The molecular formula is C31H43N3Na10O49S8. The Bertz CT molecular complexity index is 3840. The van der Waals surface area contributed by atoms with Crippen LogP contribution in [0.25, 0.3) is 0 Å². The molecule has 5 rings (SSSR count). The standard InChI is InChI=1S/C31H53N3O49S8.10Na/c1-69-27-9(33-85(48,49)50)13(37)17(6(74-27)3-71-88(57,58)59)76-31-22(83-91(66,67)68)16(40)21(24(81-31)26(43)44)79-29-10(34-86(51,52)53)19(82-90(63,64)65)18(7(75-29)4-72-89(60,61)62)77-30-15(39)14(38)20(23(80-30)25(41)42)78-28-8(32-84(45,46)47)12(36)11(35)5(73-28)2-70-87(54,55)56;;;;;;;;;;/h5-24,27-40H,2-4H2,1H3,(H,41,42)(H,43,44)(H,45,46,47)(H,48,49,50)(H,51,52,53)(H,54,55,56)(H,57,58,59)(H,60,61,62)(H,63,64,65)(H,66,67,68);;;;;;;;;;/q;10*+1/p-10/t5-,6-,7-,8-,9-,10-,11-,12-,13-,14-,15-,16+,17-,18+,19-,20+,21+,22-,23+,24-,27+,28-,29-,30-,31-;;;;;;;;;;/m1........../s1/i16D,21D,22D,24D,31D;;;;;;;;;;. The summed E-state index contributed by atoms with van der Waals surface area (Å²) in [7, 11) is -50.5. The summed E-state index contributed by atoms with van der Waals surface area (Å²) >= 11 is 0. The molecule has 0 bridgehead atoms. The van der Waals surface area contributed by atoms with E-state index in [1.807, 2.05) is 0 Å². The minimum Gasteiger partial charge on any atom is -0.735 e. The van der Waals surface area contributed by atoms with Crippen molar-refractivity contribution in [1.82, 2.24) is 14.2 Å². The number of rotatable bonds is 30. The molecule has 534 valence electrons. The van der Waals surface area contributed by atoms with Gasteiger partial charge in [0.05, 0.1) is 38.6 Å². The van der Waals surface area contributed by atoms with E-state index in [0.717, 1.165) is 9.44 Å². The van der Waals surface area contributed by atoms with Gasteiger partial charge in [-0.05, 0) is 0 Å². The topological polar surface area (TPSA) is 834 Å². The Morgan fingerprint density at radius 3 is 1.19 bits per heavy atom. The van der Waals surface area contributed by atoms with Gasteiger partial charge in [0, 0.05) is 7.11 Å². The minimum absolute atomic E-state index is 0. The Kier molecular flexibility index (Phi) is 52.5. The van der Waals surface area contributed by atoms with Gasteiger partial charge in [-0.25, -0.2) is 81.5 Å². The van der Waals surface area contributed by atoms with Gasteiger partial charge >= 0.3 is 296 Å². The molecule has 0 aliphatic carbocycles. The van der Waals surface area contributed by atoms with Crippen LogP contribution < -0.4 is 320 Å². The molecule has 0 aromatic rings. The van der Waals surface area contributed by atoms with Gasteiger partial charge in [-0.15, -0.1) is 0 Å².